The molecule has 0 radical (unpaired) electrons. The van der Waals surface area contributed by atoms with Crippen LogP contribution in [0.3, 0.4) is 0 Å². The zero-order chi connectivity index (χ0) is 15.0. The van der Waals surface area contributed by atoms with Gasteiger partial charge in [0.05, 0.1) is 0 Å². The van der Waals surface area contributed by atoms with Crippen LogP contribution < -0.4 is 10.6 Å². The molecule has 1 aromatic carbocycles. The van der Waals surface area contributed by atoms with E-state index in [1.807, 2.05) is 0 Å². The van der Waals surface area contributed by atoms with Crippen LogP contribution in [0.2, 0.25) is 0 Å². The SMILES string of the molecule is Cc1cc(CNC2CC(C)(C)NC(C)(C)C2)ccc1Br. The Bertz CT molecular complexity index is 464. The Morgan fingerprint density at radius 1 is 1.20 bits per heavy atom. The summed E-state index contributed by atoms with van der Waals surface area (Å²) in [5, 5.41) is 7.47. The smallest absolute Gasteiger partial charge is 0.0208 e. The van der Waals surface area contributed by atoms with Crippen molar-refractivity contribution < 1.29 is 0 Å². The molecule has 112 valence electrons. The summed E-state index contributed by atoms with van der Waals surface area (Å²) >= 11 is 3.56. The number of hydrogen-bond donors (Lipinski definition) is 2. The number of aryl methyl sites for hydroxylation is 1. The van der Waals surface area contributed by atoms with Gasteiger partial charge in [0, 0.05) is 28.1 Å². The first-order valence-electron chi connectivity index (χ1n) is 7.45. The maximum atomic E-state index is 3.74. The Morgan fingerprint density at radius 2 is 1.80 bits per heavy atom. The number of rotatable bonds is 3. The van der Waals surface area contributed by atoms with Gasteiger partial charge < -0.3 is 10.6 Å². The van der Waals surface area contributed by atoms with Crippen LogP contribution in [-0.2, 0) is 6.54 Å². The van der Waals surface area contributed by atoms with Crippen molar-refractivity contribution in [3.05, 3.63) is 33.8 Å². The average Bonchev–Trinajstić information content (AvgIpc) is 2.27. The standard InChI is InChI=1S/C17H27BrN2/c1-12-8-13(6-7-15(12)18)11-19-14-9-16(2,3)20-17(4,5)10-14/h6-8,14,19-20H,9-11H2,1-5H3. The van der Waals surface area contributed by atoms with E-state index < -0.39 is 0 Å². The second-order valence-corrected chi connectivity index (χ2v) is 8.32. The van der Waals surface area contributed by atoms with Gasteiger partial charge in [-0.1, -0.05) is 28.1 Å². The Labute approximate surface area is 131 Å². The predicted octanol–water partition coefficient (Wildman–Crippen LogP) is 4.16. The first-order chi connectivity index (χ1) is 9.17. The molecule has 1 aliphatic heterocycles. The fourth-order valence-corrected chi connectivity index (χ4v) is 3.79. The Kier molecular flexibility index (Phi) is 4.63. The third-order valence-electron chi connectivity index (χ3n) is 4.01. The van der Waals surface area contributed by atoms with E-state index in [9.17, 15) is 0 Å². The molecular formula is C17H27BrN2. The minimum absolute atomic E-state index is 0.203. The molecule has 2 N–H and O–H groups in total. The summed E-state index contributed by atoms with van der Waals surface area (Å²) in [7, 11) is 0. The van der Waals surface area contributed by atoms with E-state index in [1.165, 1.54) is 28.4 Å². The number of hydrogen-bond acceptors (Lipinski definition) is 2. The van der Waals surface area contributed by atoms with Crippen LogP contribution in [-0.4, -0.2) is 17.1 Å². The van der Waals surface area contributed by atoms with Crippen LogP contribution in [0.1, 0.15) is 51.7 Å². The predicted molar refractivity (Wildman–Crippen MR) is 90.0 cm³/mol. The summed E-state index contributed by atoms with van der Waals surface area (Å²) in [6, 6.07) is 7.17. The largest absolute Gasteiger partial charge is 0.310 e. The fourth-order valence-electron chi connectivity index (χ4n) is 3.55. The van der Waals surface area contributed by atoms with Gasteiger partial charge in [0.1, 0.15) is 0 Å². The summed E-state index contributed by atoms with van der Waals surface area (Å²) in [6.45, 7) is 12.3. The molecule has 1 heterocycles. The van der Waals surface area contributed by atoms with Crippen LogP contribution in [0.5, 0.6) is 0 Å². The van der Waals surface area contributed by atoms with Crippen LogP contribution in [0.15, 0.2) is 22.7 Å². The molecule has 0 saturated carbocycles. The van der Waals surface area contributed by atoms with Gasteiger partial charge >= 0.3 is 0 Å². The van der Waals surface area contributed by atoms with Crippen molar-refractivity contribution in [3.63, 3.8) is 0 Å². The molecule has 0 atom stereocenters. The second-order valence-electron chi connectivity index (χ2n) is 7.46. The molecular weight excluding hydrogens is 312 g/mol. The molecule has 0 amide bonds. The molecule has 1 aromatic rings. The Balaban J connectivity index is 1.98. The molecule has 20 heavy (non-hydrogen) atoms. The minimum atomic E-state index is 0.203. The molecule has 0 bridgehead atoms. The van der Waals surface area contributed by atoms with E-state index >= 15 is 0 Å². The highest BCUT2D eigenvalue weighted by molar-refractivity contribution is 9.10. The van der Waals surface area contributed by atoms with Crippen molar-refractivity contribution >= 4 is 15.9 Å². The van der Waals surface area contributed by atoms with Gasteiger partial charge in [0.15, 0.2) is 0 Å². The first-order valence-corrected chi connectivity index (χ1v) is 8.24. The van der Waals surface area contributed by atoms with Crippen LogP contribution in [0.4, 0.5) is 0 Å². The van der Waals surface area contributed by atoms with Crippen LogP contribution in [0, 0.1) is 6.92 Å². The quantitative estimate of drug-likeness (QED) is 0.864. The lowest BCUT2D eigenvalue weighted by Gasteiger charge is -2.46. The molecule has 1 saturated heterocycles. The minimum Gasteiger partial charge on any atom is -0.310 e. The van der Waals surface area contributed by atoms with Crippen molar-refractivity contribution in [1.82, 2.24) is 10.6 Å². The maximum absolute atomic E-state index is 3.74. The zero-order valence-electron chi connectivity index (χ0n) is 13.3. The lowest BCUT2D eigenvalue weighted by atomic mass is 9.79. The average molecular weight is 339 g/mol. The molecule has 2 rings (SSSR count). The van der Waals surface area contributed by atoms with E-state index in [-0.39, 0.29) is 11.1 Å². The lowest BCUT2D eigenvalue weighted by Crippen LogP contribution is -2.61. The molecule has 3 heteroatoms. The van der Waals surface area contributed by atoms with Crippen molar-refractivity contribution in [2.45, 2.75) is 71.1 Å². The lowest BCUT2D eigenvalue weighted by molar-refractivity contribution is 0.145. The second kappa shape index (κ2) is 5.78. The van der Waals surface area contributed by atoms with E-state index in [2.05, 4.69) is 79.4 Å². The molecule has 0 unspecified atom stereocenters. The first kappa shape index (κ1) is 16.0. The van der Waals surface area contributed by atoms with Gasteiger partial charge in [-0.05, 0) is 64.7 Å². The van der Waals surface area contributed by atoms with Gasteiger partial charge in [-0.3, -0.25) is 0 Å². The van der Waals surface area contributed by atoms with Gasteiger partial charge in [-0.2, -0.15) is 0 Å². The molecule has 2 nitrogen and oxygen atoms in total. The number of nitrogens with one attached hydrogen (secondary N) is 2. The van der Waals surface area contributed by atoms with Crippen LogP contribution >= 0.6 is 15.9 Å². The van der Waals surface area contributed by atoms with Gasteiger partial charge in [-0.25, -0.2) is 0 Å². The third-order valence-corrected chi connectivity index (χ3v) is 4.90. The van der Waals surface area contributed by atoms with Crippen molar-refractivity contribution in [2.24, 2.45) is 0 Å². The summed E-state index contributed by atoms with van der Waals surface area (Å²) in [4.78, 5) is 0. The van der Waals surface area contributed by atoms with Gasteiger partial charge in [-0.15, -0.1) is 0 Å². The molecule has 0 spiro atoms. The highest BCUT2D eigenvalue weighted by atomic mass is 79.9. The summed E-state index contributed by atoms with van der Waals surface area (Å²) in [6.07, 6.45) is 2.35. The van der Waals surface area contributed by atoms with Crippen molar-refractivity contribution in [1.29, 1.82) is 0 Å². The van der Waals surface area contributed by atoms with E-state index in [1.54, 1.807) is 0 Å². The Morgan fingerprint density at radius 3 is 2.35 bits per heavy atom. The number of piperidine rings is 1. The summed E-state index contributed by atoms with van der Waals surface area (Å²) in [5.74, 6) is 0. The van der Waals surface area contributed by atoms with Gasteiger partial charge in [0.25, 0.3) is 0 Å². The zero-order valence-corrected chi connectivity index (χ0v) is 14.9. The summed E-state index contributed by atoms with van der Waals surface area (Å²) in [5.41, 5.74) is 3.07. The highest BCUT2D eigenvalue weighted by Gasteiger charge is 2.37. The molecule has 0 aromatic heterocycles. The van der Waals surface area contributed by atoms with E-state index in [4.69, 9.17) is 0 Å². The molecule has 0 aliphatic carbocycles. The highest BCUT2D eigenvalue weighted by Crippen LogP contribution is 2.28. The van der Waals surface area contributed by atoms with Crippen molar-refractivity contribution in [3.8, 4) is 0 Å². The number of halogens is 1. The monoisotopic (exact) mass is 338 g/mol. The van der Waals surface area contributed by atoms with Crippen molar-refractivity contribution in [2.75, 3.05) is 0 Å². The molecule has 1 aliphatic rings. The van der Waals surface area contributed by atoms with E-state index in [0.717, 1.165) is 6.54 Å². The number of benzene rings is 1. The van der Waals surface area contributed by atoms with Gasteiger partial charge in [0.2, 0.25) is 0 Å². The van der Waals surface area contributed by atoms with Crippen LogP contribution in [0.25, 0.3) is 0 Å². The summed E-state index contributed by atoms with van der Waals surface area (Å²) < 4.78 is 1.19. The third kappa shape index (κ3) is 4.31. The van der Waals surface area contributed by atoms with E-state index in [0.29, 0.717) is 6.04 Å². The maximum Gasteiger partial charge on any atom is 0.0208 e. The topological polar surface area (TPSA) is 24.1 Å². The normalized spacial score (nSPS) is 21.9. The fraction of sp³-hybridized carbons (Fsp3) is 0.647. The Hall–Kier alpha value is -0.380. The molecule has 1 fully saturated rings.